The molecule has 0 unspecified atom stereocenters. The number of amides is 1. The quantitative estimate of drug-likeness (QED) is 0.799. The van der Waals surface area contributed by atoms with Gasteiger partial charge in [-0.2, -0.15) is 0 Å². The number of rotatable bonds is 4. The molecule has 1 N–H and O–H groups in total. The highest BCUT2D eigenvalue weighted by molar-refractivity contribution is 5.78. The molecule has 1 amide bonds. The van der Waals surface area contributed by atoms with E-state index in [1.54, 1.807) is 24.4 Å². The van der Waals surface area contributed by atoms with Crippen molar-refractivity contribution in [3.05, 3.63) is 72.1 Å². The SMILES string of the molecule is O=C(Cc1ccccc1F)NCc1ncc2ccccn12. The van der Waals surface area contributed by atoms with Crippen LogP contribution >= 0.6 is 0 Å². The first-order valence-electron chi connectivity index (χ1n) is 6.65. The Morgan fingerprint density at radius 3 is 2.86 bits per heavy atom. The fraction of sp³-hybridized carbons (Fsp3) is 0.125. The van der Waals surface area contributed by atoms with E-state index in [1.807, 2.05) is 28.8 Å². The second-order valence-electron chi connectivity index (χ2n) is 4.71. The molecule has 106 valence electrons. The van der Waals surface area contributed by atoms with Crippen LogP contribution in [0.5, 0.6) is 0 Å². The number of carbonyl (C=O) groups excluding carboxylic acids is 1. The summed E-state index contributed by atoms with van der Waals surface area (Å²) in [6, 6.07) is 12.1. The van der Waals surface area contributed by atoms with Gasteiger partial charge in [0.25, 0.3) is 0 Å². The summed E-state index contributed by atoms with van der Waals surface area (Å²) in [5.74, 6) is 0.152. The van der Waals surface area contributed by atoms with Crippen LogP contribution < -0.4 is 5.32 Å². The van der Waals surface area contributed by atoms with Crippen LogP contribution in [0.3, 0.4) is 0 Å². The second kappa shape index (κ2) is 5.75. The number of hydrogen-bond acceptors (Lipinski definition) is 2. The van der Waals surface area contributed by atoms with Gasteiger partial charge in [0.05, 0.1) is 24.7 Å². The number of pyridine rings is 1. The fourth-order valence-electron chi connectivity index (χ4n) is 2.19. The summed E-state index contributed by atoms with van der Waals surface area (Å²) in [7, 11) is 0. The van der Waals surface area contributed by atoms with E-state index in [2.05, 4.69) is 10.3 Å². The zero-order chi connectivity index (χ0) is 14.7. The molecular formula is C16H14FN3O. The Morgan fingerprint density at radius 2 is 2.00 bits per heavy atom. The summed E-state index contributed by atoms with van der Waals surface area (Å²) >= 11 is 0. The van der Waals surface area contributed by atoms with E-state index in [0.717, 1.165) is 11.3 Å². The molecule has 0 spiro atoms. The van der Waals surface area contributed by atoms with Gasteiger partial charge >= 0.3 is 0 Å². The monoisotopic (exact) mass is 283 g/mol. The molecule has 5 heteroatoms. The molecule has 2 aromatic heterocycles. The minimum atomic E-state index is -0.362. The van der Waals surface area contributed by atoms with E-state index in [-0.39, 0.29) is 18.1 Å². The van der Waals surface area contributed by atoms with Gasteiger partial charge in [0.1, 0.15) is 11.6 Å². The highest BCUT2D eigenvalue weighted by atomic mass is 19.1. The fourth-order valence-corrected chi connectivity index (χ4v) is 2.19. The molecule has 0 bridgehead atoms. The van der Waals surface area contributed by atoms with Crippen LogP contribution in [-0.2, 0) is 17.8 Å². The van der Waals surface area contributed by atoms with Crippen molar-refractivity contribution >= 4 is 11.4 Å². The molecule has 0 aliphatic rings. The van der Waals surface area contributed by atoms with Gasteiger partial charge in [-0.25, -0.2) is 9.37 Å². The van der Waals surface area contributed by atoms with Crippen molar-refractivity contribution < 1.29 is 9.18 Å². The predicted octanol–water partition coefficient (Wildman–Crippen LogP) is 2.33. The van der Waals surface area contributed by atoms with Gasteiger partial charge in [-0.15, -0.1) is 0 Å². The molecule has 0 saturated heterocycles. The van der Waals surface area contributed by atoms with Crippen molar-refractivity contribution in [2.45, 2.75) is 13.0 Å². The average Bonchev–Trinajstić information content (AvgIpc) is 2.91. The lowest BCUT2D eigenvalue weighted by Gasteiger charge is -2.06. The zero-order valence-corrected chi connectivity index (χ0v) is 11.3. The summed E-state index contributed by atoms with van der Waals surface area (Å²) in [5.41, 5.74) is 1.36. The Labute approximate surface area is 121 Å². The van der Waals surface area contributed by atoms with Gasteiger partial charge in [0, 0.05) is 6.20 Å². The van der Waals surface area contributed by atoms with E-state index < -0.39 is 0 Å². The maximum absolute atomic E-state index is 13.5. The number of fused-ring (bicyclic) bond motifs is 1. The summed E-state index contributed by atoms with van der Waals surface area (Å²) in [6.07, 6.45) is 3.66. The normalized spacial score (nSPS) is 10.7. The largest absolute Gasteiger partial charge is 0.349 e. The lowest BCUT2D eigenvalue weighted by Crippen LogP contribution is -2.25. The maximum atomic E-state index is 13.5. The van der Waals surface area contributed by atoms with Gasteiger partial charge in [-0.3, -0.25) is 4.79 Å². The number of aromatic nitrogens is 2. The van der Waals surface area contributed by atoms with Crippen LogP contribution in [0.4, 0.5) is 4.39 Å². The molecule has 0 aliphatic heterocycles. The molecule has 21 heavy (non-hydrogen) atoms. The maximum Gasteiger partial charge on any atom is 0.224 e. The minimum Gasteiger partial charge on any atom is -0.349 e. The van der Waals surface area contributed by atoms with Crippen molar-refractivity contribution in [2.24, 2.45) is 0 Å². The molecule has 0 radical (unpaired) electrons. The Kier molecular flexibility index (Phi) is 3.64. The van der Waals surface area contributed by atoms with Crippen LogP contribution in [0.1, 0.15) is 11.4 Å². The Balaban J connectivity index is 1.65. The van der Waals surface area contributed by atoms with Crippen molar-refractivity contribution in [3.8, 4) is 0 Å². The number of hydrogen-bond donors (Lipinski definition) is 1. The second-order valence-corrected chi connectivity index (χ2v) is 4.71. The number of halogens is 1. The number of benzene rings is 1. The highest BCUT2D eigenvalue weighted by Crippen LogP contribution is 2.08. The third-order valence-electron chi connectivity index (χ3n) is 3.27. The number of imidazole rings is 1. The molecule has 0 atom stereocenters. The molecule has 3 aromatic rings. The van der Waals surface area contributed by atoms with Crippen LogP contribution in [0, 0.1) is 5.82 Å². The molecule has 2 heterocycles. The number of nitrogens with one attached hydrogen (secondary N) is 1. The van der Waals surface area contributed by atoms with Crippen LogP contribution in [0.15, 0.2) is 54.9 Å². The first-order valence-corrected chi connectivity index (χ1v) is 6.65. The van der Waals surface area contributed by atoms with Crippen molar-refractivity contribution in [2.75, 3.05) is 0 Å². The standard InChI is InChI=1S/C16H14FN3O/c17-14-7-2-1-5-12(14)9-16(21)19-11-15-18-10-13-6-3-4-8-20(13)15/h1-8,10H,9,11H2,(H,19,21). The summed E-state index contributed by atoms with van der Waals surface area (Å²) < 4.78 is 15.4. The van der Waals surface area contributed by atoms with Gasteiger partial charge < -0.3 is 9.72 Å². The molecule has 0 fully saturated rings. The molecule has 4 nitrogen and oxygen atoms in total. The predicted molar refractivity (Wildman–Crippen MR) is 77.1 cm³/mol. The van der Waals surface area contributed by atoms with Gasteiger partial charge in [-0.1, -0.05) is 24.3 Å². The summed E-state index contributed by atoms with van der Waals surface area (Å²) in [6.45, 7) is 0.311. The zero-order valence-electron chi connectivity index (χ0n) is 11.3. The molecule has 0 saturated carbocycles. The van der Waals surface area contributed by atoms with Crippen molar-refractivity contribution in [1.82, 2.24) is 14.7 Å². The lowest BCUT2D eigenvalue weighted by atomic mass is 10.1. The smallest absolute Gasteiger partial charge is 0.224 e. The van der Waals surface area contributed by atoms with Gasteiger partial charge in [0.15, 0.2) is 0 Å². The average molecular weight is 283 g/mol. The van der Waals surface area contributed by atoms with Crippen molar-refractivity contribution in [3.63, 3.8) is 0 Å². The van der Waals surface area contributed by atoms with Crippen LogP contribution in [0.2, 0.25) is 0 Å². The van der Waals surface area contributed by atoms with E-state index in [4.69, 9.17) is 0 Å². The Morgan fingerprint density at radius 1 is 1.19 bits per heavy atom. The number of nitrogens with zero attached hydrogens (tertiary/aromatic N) is 2. The highest BCUT2D eigenvalue weighted by Gasteiger charge is 2.09. The van der Waals surface area contributed by atoms with E-state index in [1.165, 1.54) is 6.07 Å². The Bertz CT molecular complexity index is 782. The minimum absolute atomic E-state index is 0.0238. The topological polar surface area (TPSA) is 46.4 Å². The lowest BCUT2D eigenvalue weighted by molar-refractivity contribution is -0.120. The molecule has 3 rings (SSSR count). The van der Waals surface area contributed by atoms with E-state index in [9.17, 15) is 9.18 Å². The third kappa shape index (κ3) is 2.91. The summed E-state index contributed by atoms with van der Waals surface area (Å²) in [4.78, 5) is 16.1. The molecule has 0 aliphatic carbocycles. The van der Waals surface area contributed by atoms with E-state index >= 15 is 0 Å². The van der Waals surface area contributed by atoms with Gasteiger partial charge in [-0.05, 0) is 23.8 Å². The van der Waals surface area contributed by atoms with Gasteiger partial charge in [0.2, 0.25) is 5.91 Å². The first-order chi connectivity index (χ1) is 10.2. The Hall–Kier alpha value is -2.69. The van der Waals surface area contributed by atoms with Crippen LogP contribution in [-0.4, -0.2) is 15.3 Å². The molecular weight excluding hydrogens is 269 g/mol. The number of carbonyl (C=O) groups is 1. The summed E-state index contributed by atoms with van der Waals surface area (Å²) in [5, 5.41) is 2.76. The third-order valence-corrected chi connectivity index (χ3v) is 3.27. The molecule has 1 aromatic carbocycles. The van der Waals surface area contributed by atoms with Crippen molar-refractivity contribution in [1.29, 1.82) is 0 Å². The first kappa shape index (κ1) is 13.3. The van der Waals surface area contributed by atoms with E-state index in [0.29, 0.717) is 12.1 Å². The van der Waals surface area contributed by atoms with Crippen LogP contribution in [0.25, 0.3) is 5.52 Å².